The lowest BCUT2D eigenvalue weighted by Gasteiger charge is -2.38. The molecule has 65 heavy (non-hydrogen) atoms. The van der Waals surface area contributed by atoms with Crippen molar-refractivity contribution < 1.29 is 120 Å². The number of carbonyl (C=O) groups excluding carboxylic acids is 1. The lowest BCUT2D eigenvalue weighted by Crippen LogP contribution is -2.61. The van der Waals surface area contributed by atoms with Gasteiger partial charge in [-0.3, -0.25) is 9.32 Å². The van der Waals surface area contributed by atoms with E-state index in [4.69, 9.17) is 77.1 Å². The van der Waals surface area contributed by atoms with Crippen LogP contribution in [0.5, 0.6) is 0 Å². The number of nitrogens with zero attached hydrogens (tertiary/aromatic N) is 1. The molecular weight excluding hydrogens is 903 g/mol. The summed E-state index contributed by atoms with van der Waals surface area (Å²) in [4.78, 5) is 30.1. The highest BCUT2D eigenvalue weighted by Gasteiger charge is 2.43. The van der Waals surface area contributed by atoms with Gasteiger partial charge in [-0.05, 0) is 13.5 Å². The normalized spacial score (nSPS) is 24.3. The summed E-state index contributed by atoms with van der Waals surface area (Å²) >= 11 is 0. The average molecular weight is 985 g/mol. The number of unbranched alkanes of at least 4 members (excludes halogenated alkanes) is 6. The minimum atomic E-state index is -4.70. The first-order valence-corrected chi connectivity index (χ1v) is 22.4. The second-order valence-corrected chi connectivity index (χ2v) is 16.5. The van der Waals surface area contributed by atoms with E-state index in [2.05, 4.69) is 16.8 Å². The molecule has 1 amide bonds. The van der Waals surface area contributed by atoms with E-state index in [1.54, 1.807) is 7.05 Å². The highest BCUT2D eigenvalue weighted by molar-refractivity contribution is 7.46. The van der Waals surface area contributed by atoms with Gasteiger partial charge in [-0.1, -0.05) is 45.4 Å². The van der Waals surface area contributed by atoms with Crippen LogP contribution in [0, 0.1) is 0 Å². The fourth-order valence-electron chi connectivity index (χ4n) is 5.35. The van der Waals surface area contributed by atoms with Crippen molar-refractivity contribution in [2.75, 3.05) is 60.2 Å². The summed E-state index contributed by atoms with van der Waals surface area (Å²) in [5, 5.41) is 167. The Balaban J connectivity index is -0.000000822. The molecule has 1 rings (SSSR count). The van der Waals surface area contributed by atoms with Gasteiger partial charge in [0.2, 0.25) is 5.91 Å². The third-order valence-corrected chi connectivity index (χ3v) is 10.2. The van der Waals surface area contributed by atoms with E-state index in [1.807, 2.05) is 0 Å². The molecule has 0 aliphatic carbocycles. The predicted octanol–water partition coefficient (Wildman–Crippen LogP) is -10.1. The molecule has 0 spiro atoms. The van der Waals surface area contributed by atoms with Crippen LogP contribution in [0.15, 0.2) is 0 Å². The molecule has 0 saturated carbocycles. The molecule has 17 atom stereocenters. The van der Waals surface area contributed by atoms with Gasteiger partial charge >= 0.3 is 7.82 Å². The van der Waals surface area contributed by atoms with E-state index >= 15 is 0 Å². The maximum atomic E-state index is 12.0. The van der Waals surface area contributed by atoms with Crippen molar-refractivity contribution in [3.05, 3.63) is 0 Å². The Kier molecular flexibility index (Phi) is 39.3. The lowest BCUT2D eigenvalue weighted by atomic mass is 9.98. The number of phosphoric ester groups is 1. The Labute approximate surface area is 377 Å². The smallest absolute Gasteiger partial charge is 0.394 e. The first-order chi connectivity index (χ1) is 30.1. The molecular formula is C36H81N4O24P. The number of hydrogen-bond donors (Lipinski definition) is 23. The summed E-state index contributed by atoms with van der Waals surface area (Å²) in [6.07, 6.45) is -15.4. The largest absolute Gasteiger partial charge is 0.469 e. The summed E-state index contributed by atoms with van der Waals surface area (Å²) in [6.45, 7) is -0.855. The fourth-order valence-corrected chi connectivity index (χ4v) is 5.69. The fraction of sp³-hybridized carbons (Fsp3) is 0.972. The van der Waals surface area contributed by atoms with Crippen molar-refractivity contribution in [2.45, 2.75) is 162 Å². The van der Waals surface area contributed by atoms with Crippen LogP contribution in [0.1, 0.15) is 58.3 Å². The molecule has 0 aromatic rings. The van der Waals surface area contributed by atoms with Gasteiger partial charge in [-0.2, -0.15) is 0 Å². The summed E-state index contributed by atoms with van der Waals surface area (Å²) < 4.78 is 19.2. The average Bonchev–Trinajstić information content (AvgIpc) is 3.28. The zero-order chi connectivity index (χ0) is 51.2. The van der Waals surface area contributed by atoms with E-state index in [9.17, 15) is 50.2 Å². The molecule has 1 aliphatic heterocycles. The van der Waals surface area contributed by atoms with E-state index < -0.39 is 138 Å². The monoisotopic (exact) mass is 984 g/mol. The minimum Gasteiger partial charge on any atom is -0.394 e. The first-order valence-electron chi connectivity index (χ1n) is 20.9. The Hall–Kier alpha value is -1.30. The van der Waals surface area contributed by atoms with Crippen LogP contribution in [0.2, 0.25) is 0 Å². The number of aliphatic hydroxyl groups excluding tert-OH is 18. The van der Waals surface area contributed by atoms with Crippen LogP contribution in [0.3, 0.4) is 0 Å². The Morgan fingerprint density at radius 3 is 1.48 bits per heavy atom. The number of nitrogens with one attached hydrogen (secondary N) is 1. The zero-order valence-electron chi connectivity index (χ0n) is 37.0. The second kappa shape index (κ2) is 37.6. The van der Waals surface area contributed by atoms with Crippen LogP contribution >= 0.6 is 7.82 Å². The summed E-state index contributed by atoms with van der Waals surface area (Å²) in [5.74, 6) is -0.132. The van der Waals surface area contributed by atoms with Gasteiger partial charge in [0.15, 0.2) is 6.29 Å². The van der Waals surface area contributed by atoms with Gasteiger partial charge in [-0.15, -0.1) is 0 Å². The second-order valence-electron chi connectivity index (χ2n) is 15.2. The van der Waals surface area contributed by atoms with Gasteiger partial charge < -0.3 is 128 Å². The quantitative estimate of drug-likeness (QED) is 0.0256. The highest BCUT2D eigenvalue weighted by atomic mass is 31.2. The molecule has 0 aromatic carbocycles. The summed E-state index contributed by atoms with van der Waals surface area (Å²) in [7, 11) is -1.60. The topological polar surface area (TPSA) is 525 Å². The summed E-state index contributed by atoms with van der Waals surface area (Å²) in [6, 6.07) is -1.19. The molecule has 28 nitrogen and oxygen atoms in total. The number of likely N-dealkylation sites (N-methyl/N-ethyl adjacent to an activating group) is 2. The maximum Gasteiger partial charge on any atom is 0.469 e. The third kappa shape index (κ3) is 29.4. The number of nitrogens with two attached hydrogens (primary N) is 2. The highest BCUT2D eigenvalue weighted by Crippen LogP contribution is 2.36. The van der Waals surface area contributed by atoms with Gasteiger partial charge in [0, 0.05) is 33.1 Å². The van der Waals surface area contributed by atoms with Crippen LogP contribution in [-0.2, 0) is 18.6 Å². The van der Waals surface area contributed by atoms with Gasteiger partial charge in [0.05, 0.1) is 44.7 Å². The van der Waals surface area contributed by atoms with Crippen molar-refractivity contribution >= 4 is 13.7 Å². The Morgan fingerprint density at radius 2 is 1.08 bits per heavy atom. The molecule has 1 saturated heterocycles. The maximum absolute atomic E-state index is 12.0. The molecule has 2 unspecified atom stereocenters. The zero-order valence-corrected chi connectivity index (χ0v) is 37.9. The summed E-state index contributed by atoms with van der Waals surface area (Å²) in [5.41, 5.74) is 10.3. The molecule has 29 heteroatoms. The molecule has 0 radical (unpaired) electrons. The van der Waals surface area contributed by atoms with Gasteiger partial charge in [-0.25, -0.2) is 4.57 Å². The molecule has 394 valence electrons. The number of aliphatic hydroxyl groups is 18. The Bertz CT molecular complexity index is 1190. The molecule has 25 N–H and O–H groups in total. The van der Waals surface area contributed by atoms with Crippen molar-refractivity contribution in [2.24, 2.45) is 11.5 Å². The standard InChI is InChI=1S/C17H35NO6.C7H17NO5.C6H14NO8P.C6H15NO5/c1-3-4-5-6-7-8-9-10-15(22)18(2)11-13(20)16(23)17(24)14(21)12-19;1-8-2-4(10)6(12)7(13)5(11)3-9;7-3-5(9)4(8)2(15-6(3)10)1-14-16(11,12)13;7-1-3(9)5(11)6(12)4(10)2-8/h13-14,16-17,19-21,23-24H,3-12H2,1-2H3;4-13H,2-3H2,1H3;2-6,8-10H,1,7H2,(H2,11,12,13);3-6,8-12H,1-2,7H2/t13-,14+,16+,17+;4-,5+,6+,7+;2?,3?,4-,5-,6-;3-,4+,5+,6+/m0010/s1. The van der Waals surface area contributed by atoms with E-state index in [-0.39, 0.29) is 25.5 Å². The van der Waals surface area contributed by atoms with E-state index in [0.717, 1.165) is 19.3 Å². The predicted molar refractivity (Wildman–Crippen MR) is 225 cm³/mol. The van der Waals surface area contributed by atoms with Crippen LogP contribution < -0.4 is 16.8 Å². The number of carbonyl (C=O) groups is 1. The number of phosphoric acid groups is 1. The van der Waals surface area contributed by atoms with Crippen LogP contribution in [-0.4, -0.2) is 277 Å². The first kappa shape index (κ1) is 68.0. The van der Waals surface area contributed by atoms with Crippen molar-refractivity contribution in [1.29, 1.82) is 0 Å². The number of rotatable bonds is 28. The van der Waals surface area contributed by atoms with Crippen molar-refractivity contribution in [3.8, 4) is 0 Å². The number of ether oxygens (including phenoxy) is 1. The molecule has 1 fully saturated rings. The van der Waals surface area contributed by atoms with E-state index in [1.165, 1.54) is 37.6 Å². The number of hydrogen-bond acceptors (Lipinski definition) is 25. The van der Waals surface area contributed by atoms with Crippen LogP contribution in [0.25, 0.3) is 0 Å². The minimum absolute atomic E-state index is 0.0936. The SMILES string of the molecule is CCCCCCCCCC(=O)N(C)C[C@H](O)[C@@H](O)[C@H](O)[C@H](O)CO.CNC[C@H](O)[C@@H](O)[C@H](O)[C@H](O)CO.NC1[C@H](O)OC(COP(=O)(O)O)[C@@H](O)[C@@H]1O.NC[C@H](O)[C@@H](O)[C@H](O)[C@H](O)CO. The molecule has 1 heterocycles. The molecule has 0 bridgehead atoms. The molecule has 1 aliphatic rings. The van der Waals surface area contributed by atoms with E-state index in [0.29, 0.717) is 6.42 Å². The lowest BCUT2D eigenvalue weighted by molar-refractivity contribution is -0.247. The Morgan fingerprint density at radius 1 is 0.677 bits per heavy atom. The van der Waals surface area contributed by atoms with Crippen molar-refractivity contribution in [3.63, 3.8) is 0 Å². The van der Waals surface area contributed by atoms with Crippen LogP contribution in [0.4, 0.5) is 0 Å². The third-order valence-electron chi connectivity index (χ3n) is 9.69. The number of amides is 1. The van der Waals surface area contributed by atoms with Gasteiger partial charge in [0.25, 0.3) is 0 Å². The van der Waals surface area contributed by atoms with Gasteiger partial charge in [0.1, 0.15) is 79.4 Å². The van der Waals surface area contributed by atoms with Crippen molar-refractivity contribution in [1.82, 2.24) is 10.2 Å². The molecule has 0 aromatic heterocycles.